The molecule has 1 unspecified atom stereocenters. The third kappa shape index (κ3) is 5.85. The fourth-order valence-electron chi connectivity index (χ4n) is 2.06. The molecule has 106 valence electrons. The summed E-state index contributed by atoms with van der Waals surface area (Å²) >= 11 is 0. The lowest BCUT2D eigenvalue weighted by atomic mass is 10.0. The van der Waals surface area contributed by atoms with Crippen LogP contribution < -0.4 is 5.73 Å². The molecule has 0 aliphatic rings. The summed E-state index contributed by atoms with van der Waals surface area (Å²) in [4.78, 5) is 12.6. The topological polar surface area (TPSA) is 66.6 Å². The Labute approximate surface area is 115 Å². The summed E-state index contributed by atoms with van der Waals surface area (Å²) in [5.41, 5.74) is 9.69. The first-order chi connectivity index (χ1) is 8.88. The number of aliphatic carboxylic acids is 1. The molecular weight excluding hydrogens is 240 g/mol. The highest BCUT2D eigenvalue weighted by atomic mass is 16.4. The van der Waals surface area contributed by atoms with E-state index in [4.69, 9.17) is 10.8 Å². The van der Waals surface area contributed by atoms with Gasteiger partial charge >= 0.3 is 5.97 Å². The Morgan fingerprint density at radius 3 is 2.63 bits per heavy atom. The Balaban J connectivity index is 2.39. The van der Waals surface area contributed by atoms with Crippen LogP contribution in [0.4, 0.5) is 0 Å². The normalized spacial score (nSPS) is 12.7. The van der Waals surface area contributed by atoms with Crippen molar-refractivity contribution in [1.29, 1.82) is 0 Å². The minimum atomic E-state index is -0.838. The lowest BCUT2D eigenvalue weighted by molar-refractivity contribution is -0.137. The molecule has 1 aromatic rings. The molecule has 0 saturated heterocycles. The number of aryl methyl sites for hydroxylation is 2. The Morgan fingerprint density at radius 1 is 1.37 bits per heavy atom. The van der Waals surface area contributed by atoms with Crippen molar-refractivity contribution in [2.45, 2.75) is 32.7 Å². The number of carbonyl (C=O) groups is 1. The van der Waals surface area contributed by atoms with E-state index in [0.29, 0.717) is 6.54 Å². The number of hydrogen-bond acceptors (Lipinski definition) is 3. The van der Waals surface area contributed by atoms with Gasteiger partial charge in [0.15, 0.2) is 0 Å². The van der Waals surface area contributed by atoms with Gasteiger partial charge in [0, 0.05) is 19.1 Å². The molecule has 0 fully saturated rings. The van der Waals surface area contributed by atoms with E-state index in [1.165, 1.54) is 16.7 Å². The second-order valence-corrected chi connectivity index (χ2v) is 5.29. The van der Waals surface area contributed by atoms with Crippen molar-refractivity contribution in [3.63, 3.8) is 0 Å². The first-order valence-electron chi connectivity index (χ1n) is 6.60. The molecule has 0 heterocycles. The molecule has 0 bridgehead atoms. The van der Waals surface area contributed by atoms with Gasteiger partial charge in [-0.3, -0.25) is 4.79 Å². The molecule has 4 heteroatoms. The SMILES string of the molecule is Cc1ccc(CCN(C)CC(N)CC(=O)O)cc1C. The summed E-state index contributed by atoms with van der Waals surface area (Å²) in [6.07, 6.45) is 0.978. The van der Waals surface area contributed by atoms with Gasteiger partial charge in [0.1, 0.15) is 0 Å². The molecule has 0 aliphatic heterocycles. The summed E-state index contributed by atoms with van der Waals surface area (Å²) in [5, 5.41) is 8.66. The zero-order valence-electron chi connectivity index (χ0n) is 12.0. The van der Waals surface area contributed by atoms with E-state index in [-0.39, 0.29) is 12.5 Å². The van der Waals surface area contributed by atoms with E-state index < -0.39 is 5.97 Å². The van der Waals surface area contributed by atoms with Crippen LogP contribution in [0, 0.1) is 13.8 Å². The van der Waals surface area contributed by atoms with E-state index in [1.807, 2.05) is 7.05 Å². The predicted molar refractivity (Wildman–Crippen MR) is 77.3 cm³/mol. The fourth-order valence-corrected chi connectivity index (χ4v) is 2.06. The van der Waals surface area contributed by atoms with Gasteiger partial charge in [-0.1, -0.05) is 18.2 Å². The molecular formula is C15H24N2O2. The number of benzene rings is 1. The standard InChI is InChI=1S/C15H24N2O2/c1-11-4-5-13(8-12(11)2)6-7-17(3)10-14(16)9-15(18)19/h4-5,8,14H,6-7,9-10,16H2,1-3H3,(H,18,19). The van der Waals surface area contributed by atoms with E-state index in [0.717, 1.165) is 13.0 Å². The summed E-state index contributed by atoms with van der Waals surface area (Å²) in [5.74, 6) is -0.838. The van der Waals surface area contributed by atoms with Crippen molar-refractivity contribution >= 4 is 5.97 Å². The van der Waals surface area contributed by atoms with Gasteiger partial charge in [-0.05, 0) is 44.0 Å². The van der Waals surface area contributed by atoms with Crippen molar-refractivity contribution in [3.8, 4) is 0 Å². The van der Waals surface area contributed by atoms with Gasteiger partial charge in [0.05, 0.1) is 6.42 Å². The number of carboxylic acid groups (broad SMARTS) is 1. The molecule has 1 atom stereocenters. The number of rotatable bonds is 7. The largest absolute Gasteiger partial charge is 0.481 e. The van der Waals surface area contributed by atoms with Crippen LogP contribution >= 0.6 is 0 Å². The zero-order chi connectivity index (χ0) is 14.4. The molecule has 0 aromatic heterocycles. The maximum absolute atomic E-state index is 10.5. The van der Waals surface area contributed by atoms with Crippen LogP contribution in [-0.2, 0) is 11.2 Å². The first-order valence-corrected chi connectivity index (χ1v) is 6.60. The Hall–Kier alpha value is -1.39. The summed E-state index contributed by atoms with van der Waals surface area (Å²) in [7, 11) is 1.97. The first kappa shape index (κ1) is 15.7. The molecule has 0 spiro atoms. The van der Waals surface area contributed by atoms with Gasteiger partial charge in [-0.2, -0.15) is 0 Å². The van der Waals surface area contributed by atoms with Crippen molar-refractivity contribution in [3.05, 3.63) is 34.9 Å². The Bertz CT molecular complexity index is 432. The molecule has 0 aliphatic carbocycles. The third-order valence-corrected chi connectivity index (χ3v) is 3.34. The minimum Gasteiger partial charge on any atom is -0.481 e. The Morgan fingerprint density at radius 2 is 2.05 bits per heavy atom. The zero-order valence-corrected chi connectivity index (χ0v) is 12.0. The molecule has 0 amide bonds. The molecule has 3 N–H and O–H groups in total. The minimum absolute atomic E-state index is 0.0218. The number of hydrogen-bond donors (Lipinski definition) is 2. The van der Waals surface area contributed by atoms with Crippen molar-refractivity contribution in [2.24, 2.45) is 5.73 Å². The number of nitrogens with two attached hydrogens (primary N) is 1. The summed E-state index contributed by atoms with van der Waals surface area (Å²) < 4.78 is 0. The van der Waals surface area contributed by atoms with Crippen LogP contribution in [0.2, 0.25) is 0 Å². The Kier molecular flexibility index (Phi) is 5.99. The molecule has 0 saturated carbocycles. The van der Waals surface area contributed by atoms with Crippen molar-refractivity contribution < 1.29 is 9.90 Å². The van der Waals surface area contributed by atoms with Crippen molar-refractivity contribution in [1.82, 2.24) is 4.90 Å². The molecule has 19 heavy (non-hydrogen) atoms. The summed E-state index contributed by atoms with van der Waals surface area (Å²) in [6.45, 7) is 5.72. The molecule has 0 radical (unpaired) electrons. The number of carboxylic acids is 1. The summed E-state index contributed by atoms with van der Waals surface area (Å²) in [6, 6.07) is 6.19. The van der Waals surface area contributed by atoms with E-state index in [2.05, 4.69) is 36.9 Å². The van der Waals surface area contributed by atoms with E-state index in [1.54, 1.807) is 0 Å². The van der Waals surface area contributed by atoms with Crippen LogP contribution in [0.3, 0.4) is 0 Å². The van der Waals surface area contributed by atoms with Crippen molar-refractivity contribution in [2.75, 3.05) is 20.1 Å². The quantitative estimate of drug-likeness (QED) is 0.784. The van der Waals surface area contributed by atoms with Crippen LogP contribution in [-0.4, -0.2) is 42.2 Å². The monoisotopic (exact) mass is 264 g/mol. The fraction of sp³-hybridized carbons (Fsp3) is 0.533. The lowest BCUT2D eigenvalue weighted by Gasteiger charge is -2.20. The highest BCUT2D eigenvalue weighted by molar-refractivity contribution is 5.67. The second kappa shape index (κ2) is 7.26. The van der Waals surface area contributed by atoms with Gasteiger partial charge in [0.2, 0.25) is 0 Å². The third-order valence-electron chi connectivity index (χ3n) is 3.34. The highest BCUT2D eigenvalue weighted by Crippen LogP contribution is 2.10. The van der Waals surface area contributed by atoms with Gasteiger partial charge in [-0.15, -0.1) is 0 Å². The predicted octanol–water partition coefficient (Wildman–Crippen LogP) is 1.58. The molecule has 4 nitrogen and oxygen atoms in total. The van der Waals surface area contributed by atoms with E-state index >= 15 is 0 Å². The van der Waals surface area contributed by atoms with E-state index in [9.17, 15) is 4.79 Å². The average Bonchev–Trinajstić information content (AvgIpc) is 2.29. The van der Waals surface area contributed by atoms with Crippen LogP contribution in [0.25, 0.3) is 0 Å². The van der Waals surface area contributed by atoms with Crippen LogP contribution in [0.1, 0.15) is 23.1 Å². The smallest absolute Gasteiger partial charge is 0.304 e. The van der Waals surface area contributed by atoms with Crippen LogP contribution in [0.5, 0.6) is 0 Å². The maximum Gasteiger partial charge on any atom is 0.304 e. The highest BCUT2D eigenvalue weighted by Gasteiger charge is 2.10. The van der Waals surface area contributed by atoms with Crippen LogP contribution in [0.15, 0.2) is 18.2 Å². The van der Waals surface area contributed by atoms with Gasteiger partial charge < -0.3 is 15.7 Å². The lowest BCUT2D eigenvalue weighted by Crippen LogP contribution is -2.37. The number of nitrogens with zero attached hydrogens (tertiary/aromatic N) is 1. The van der Waals surface area contributed by atoms with Gasteiger partial charge in [-0.25, -0.2) is 0 Å². The number of likely N-dealkylation sites (N-methyl/N-ethyl adjacent to an activating group) is 1. The average molecular weight is 264 g/mol. The molecule has 1 aromatic carbocycles. The second-order valence-electron chi connectivity index (χ2n) is 5.29. The maximum atomic E-state index is 10.5. The van der Waals surface area contributed by atoms with Gasteiger partial charge in [0.25, 0.3) is 0 Å². The molecule has 1 rings (SSSR count).